The van der Waals surface area contributed by atoms with E-state index in [0.29, 0.717) is 50.1 Å². The standard InChI is InChI=1S/C17H20N2O4/c1-23-14-5-3-2-4-13(14)17(22)18-10-8-12(9-11-18)19-15(20)6-7-16(19)21/h2-5,12H,6-11H2,1H3. The Morgan fingerprint density at radius 1 is 1.09 bits per heavy atom. The molecule has 2 heterocycles. The summed E-state index contributed by atoms with van der Waals surface area (Å²) in [6.45, 7) is 1.08. The number of rotatable bonds is 3. The van der Waals surface area contributed by atoms with Crippen LogP contribution < -0.4 is 4.74 Å². The lowest BCUT2D eigenvalue weighted by molar-refractivity contribution is -0.141. The molecule has 6 heteroatoms. The van der Waals surface area contributed by atoms with Crippen LogP contribution in [0.4, 0.5) is 0 Å². The molecule has 23 heavy (non-hydrogen) atoms. The Labute approximate surface area is 135 Å². The molecule has 2 aliphatic heterocycles. The first-order valence-electron chi connectivity index (χ1n) is 7.89. The van der Waals surface area contributed by atoms with Crippen molar-refractivity contribution in [1.29, 1.82) is 0 Å². The van der Waals surface area contributed by atoms with Crippen molar-refractivity contribution in [3.63, 3.8) is 0 Å². The van der Waals surface area contributed by atoms with Gasteiger partial charge in [0.15, 0.2) is 0 Å². The minimum Gasteiger partial charge on any atom is -0.496 e. The topological polar surface area (TPSA) is 66.9 Å². The first-order chi connectivity index (χ1) is 11.1. The molecule has 2 saturated heterocycles. The quantitative estimate of drug-likeness (QED) is 0.792. The zero-order valence-corrected chi connectivity index (χ0v) is 13.2. The Kier molecular flexibility index (Phi) is 4.32. The summed E-state index contributed by atoms with van der Waals surface area (Å²) in [5.41, 5.74) is 0.543. The van der Waals surface area contributed by atoms with Crippen LogP contribution in [0.25, 0.3) is 0 Å². The van der Waals surface area contributed by atoms with Gasteiger partial charge in [-0.2, -0.15) is 0 Å². The maximum atomic E-state index is 12.6. The second kappa shape index (κ2) is 6.40. The third-order valence-corrected chi connectivity index (χ3v) is 4.54. The van der Waals surface area contributed by atoms with Crippen molar-refractivity contribution < 1.29 is 19.1 Å². The van der Waals surface area contributed by atoms with Gasteiger partial charge in [0.2, 0.25) is 11.8 Å². The fourth-order valence-electron chi connectivity index (χ4n) is 3.32. The summed E-state index contributed by atoms with van der Waals surface area (Å²) in [4.78, 5) is 39.4. The highest BCUT2D eigenvalue weighted by atomic mass is 16.5. The average molecular weight is 316 g/mol. The molecule has 6 nitrogen and oxygen atoms in total. The number of nitrogens with zero attached hydrogens (tertiary/aromatic N) is 2. The van der Waals surface area contributed by atoms with Gasteiger partial charge >= 0.3 is 0 Å². The molecule has 0 spiro atoms. The van der Waals surface area contributed by atoms with Gasteiger partial charge < -0.3 is 9.64 Å². The number of ether oxygens (including phenoxy) is 1. The Morgan fingerprint density at radius 2 is 1.70 bits per heavy atom. The van der Waals surface area contributed by atoms with Crippen molar-refractivity contribution in [2.24, 2.45) is 0 Å². The molecule has 0 atom stereocenters. The summed E-state index contributed by atoms with van der Waals surface area (Å²) in [5.74, 6) is 0.332. The molecule has 0 radical (unpaired) electrons. The van der Waals surface area contributed by atoms with Crippen molar-refractivity contribution >= 4 is 17.7 Å². The van der Waals surface area contributed by atoms with Crippen molar-refractivity contribution in [2.75, 3.05) is 20.2 Å². The molecule has 1 aromatic rings. The SMILES string of the molecule is COc1ccccc1C(=O)N1CCC(N2C(=O)CCC2=O)CC1. The third kappa shape index (κ3) is 2.93. The molecule has 0 saturated carbocycles. The number of imide groups is 1. The monoisotopic (exact) mass is 316 g/mol. The molecule has 122 valence electrons. The van der Waals surface area contributed by atoms with E-state index in [9.17, 15) is 14.4 Å². The number of hydrogen-bond acceptors (Lipinski definition) is 4. The fraction of sp³-hybridized carbons (Fsp3) is 0.471. The number of carbonyl (C=O) groups excluding carboxylic acids is 3. The van der Waals surface area contributed by atoms with Crippen molar-refractivity contribution in [1.82, 2.24) is 9.80 Å². The average Bonchev–Trinajstić information content (AvgIpc) is 2.93. The molecular weight excluding hydrogens is 296 g/mol. The first-order valence-corrected chi connectivity index (χ1v) is 7.89. The second-order valence-electron chi connectivity index (χ2n) is 5.88. The van der Waals surface area contributed by atoms with E-state index in [4.69, 9.17) is 4.74 Å². The van der Waals surface area contributed by atoms with Crippen LogP contribution in [0.1, 0.15) is 36.0 Å². The summed E-state index contributed by atoms with van der Waals surface area (Å²) >= 11 is 0. The van der Waals surface area contributed by atoms with E-state index < -0.39 is 0 Å². The van der Waals surface area contributed by atoms with Crippen molar-refractivity contribution in [3.8, 4) is 5.75 Å². The van der Waals surface area contributed by atoms with E-state index in [0.717, 1.165) is 0 Å². The lowest BCUT2D eigenvalue weighted by Crippen LogP contribution is -2.48. The third-order valence-electron chi connectivity index (χ3n) is 4.54. The number of hydrogen-bond donors (Lipinski definition) is 0. The highest BCUT2D eigenvalue weighted by Gasteiger charge is 2.37. The predicted octanol–water partition coefficient (Wildman–Crippen LogP) is 1.45. The summed E-state index contributed by atoms with van der Waals surface area (Å²) in [5, 5.41) is 0. The molecular formula is C17H20N2O4. The zero-order valence-electron chi connectivity index (χ0n) is 13.2. The maximum Gasteiger partial charge on any atom is 0.257 e. The largest absolute Gasteiger partial charge is 0.496 e. The van der Waals surface area contributed by atoms with Crippen LogP contribution in [-0.2, 0) is 9.59 Å². The zero-order chi connectivity index (χ0) is 16.4. The van der Waals surface area contributed by atoms with Crippen molar-refractivity contribution in [2.45, 2.75) is 31.7 Å². The number of likely N-dealkylation sites (tertiary alicyclic amines) is 2. The Bertz CT molecular complexity index is 619. The molecule has 3 rings (SSSR count). The van der Waals surface area contributed by atoms with E-state index in [1.54, 1.807) is 24.1 Å². The fourth-order valence-corrected chi connectivity index (χ4v) is 3.32. The first kappa shape index (κ1) is 15.5. The Balaban J connectivity index is 1.66. The number of benzene rings is 1. The molecule has 2 fully saturated rings. The number of para-hydroxylation sites is 1. The Hall–Kier alpha value is -2.37. The van der Waals surface area contributed by atoms with Crippen LogP contribution in [0.3, 0.4) is 0 Å². The van der Waals surface area contributed by atoms with E-state index in [-0.39, 0.29) is 23.8 Å². The van der Waals surface area contributed by atoms with E-state index in [1.807, 2.05) is 12.1 Å². The number of carbonyl (C=O) groups is 3. The smallest absolute Gasteiger partial charge is 0.257 e. The van der Waals surface area contributed by atoms with Crippen LogP contribution in [0.2, 0.25) is 0 Å². The van der Waals surface area contributed by atoms with Gasteiger partial charge in [-0.25, -0.2) is 0 Å². The second-order valence-corrected chi connectivity index (χ2v) is 5.88. The number of piperidine rings is 1. The summed E-state index contributed by atoms with van der Waals surface area (Å²) < 4.78 is 5.24. The van der Waals surface area contributed by atoms with Crippen molar-refractivity contribution in [3.05, 3.63) is 29.8 Å². The highest BCUT2D eigenvalue weighted by molar-refractivity contribution is 6.02. The van der Waals surface area contributed by atoms with Crippen LogP contribution in [0.5, 0.6) is 5.75 Å². The molecule has 2 aliphatic rings. The van der Waals surface area contributed by atoms with Crippen LogP contribution in [-0.4, -0.2) is 53.8 Å². The molecule has 0 aliphatic carbocycles. The number of amides is 3. The Morgan fingerprint density at radius 3 is 2.30 bits per heavy atom. The van der Waals surface area contributed by atoms with Gasteiger partial charge in [-0.3, -0.25) is 19.3 Å². The maximum absolute atomic E-state index is 12.6. The minimum atomic E-state index is -0.0792. The lowest BCUT2D eigenvalue weighted by atomic mass is 10.0. The van der Waals surface area contributed by atoms with Gasteiger partial charge in [-0.15, -0.1) is 0 Å². The molecule has 3 amide bonds. The molecule has 0 N–H and O–H groups in total. The highest BCUT2D eigenvalue weighted by Crippen LogP contribution is 2.25. The van der Waals surface area contributed by atoms with E-state index >= 15 is 0 Å². The van der Waals surface area contributed by atoms with Gasteiger partial charge in [-0.1, -0.05) is 12.1 Å². The van der Waals surface area contributed by atoms with Crippen LogP contribution in [0, 0.1) is 0 Å². The summed E-state index contributed by atoms with van der Waals surface area (Å²) in [7, 11) is 1.54. The van der Waals surface area contributed by atoms with Gasteiger partial charge in [0.25, 0.3) is 5.91 Å². The molecule has 1 aromatic carbocycles. The van der Waals surface area contributed by atoms with Gasteiger partial charge in [0, 0.05) is 32.0 Å². The summed E-state index contributed by atoms with van der Waals surface area (Å²) in [6.07, 6.45) is 1.91. The number of methoxy groups -OCH3 is 1. The summed E-state index contributed by atoms with van der Waals surface area (Å²) in [6, 6.07) is 7.08. The van der Waals surface area contributed by atoms with Gasteiger partial charge in [0.1, 0.15) is 5.75 Å². The minimum absolute atomic E-state index is 0.0695. The molecule has 0 unspecified atom stereocenters. The lowest BCUT2D eigenvalue weighted by Gasteiger charge is -2.35. The molecule has 0 aromatic heterocycles. The predicted molar refractivity (Wildman–Crippen MR) is 83.0 cm³/mol. The van der Waals surface area contributed by atoms with E-state index in [2.05, 4.69) is 0 Å². The normalized spacial score (nSPS) is 19.3. The van der Waals surface area contributed by atoms with Crippen LogP contribution in [0.15, 0.2) is 24.3 Å². The van der Waals surface area contributed by atoms with E-state index in [1.165, 1.54) is 4.90 Å². The van der Waals surface area contributed by atoms with Crippen LogP contribution >= 0.6 is 0 Å². The van der Waals surface area contributed by atoms with Gasteiger partial charge in [-0.05, 0) is 25.0 Å². The molecule has 0 bridgehead atoms. The van der Waals surface area contributed by atoms with Gasteiger partial charge in [0.05, 0.1) is 12.7 Å².